The maximum atomic E-state index is 11.6. The van der Waals surface area contributed by atoms with Crippen LogP contribution in [0.25, 0.3) is 33.4 Å². The largest absolute Gasteiger partial charge is 0.489 e. The van der Waals surface area contributed by atoms with E-state index in [1.165, 1.54) is 4.90 Å². The summed E-state index contributed by atoms with van der Waals surface area (Å²) < 4.78 is 5.98. The number of fused-ring (bicyclic) bond motifs is 1. The van der Waals surface area contributed by atoms with Crippen LogP contribution >= 0.6 is 0 Å². The summed E-state index contributed by atoms with van der Waals surface area (Å²) >= 11 is 0. The van der Waals surface area contributed by atoms with Crippen molar-refractivity contribution in [2.75, 3.05) is 20.2 Å². The number of benzene rings is 1. The first kappa shape index (κ1) is 19.2. The Kier molecular flexibility index (Phi) is 5.44. The molecule has 1 N–H and O–H groups in total. The van der Waals surface area contributed by atoms with Crippen LogP contribution in [0, 0.1) is 12.3 Å². The van der Waals surface area contributed by atoms with Crippen molar-refractivity contribution in [2.24, 2.45) is 0 Å². The highest BCUT2D eigenvalue weighted by atomic mass is 16.5. The fourth-order valence-corrected chi connectivity index (χ4v) is 3.31. The number of nitrogens with zero attached hydrogens (tertiary/aromatic N) is 3. The second-order valence-corrected chi connectivity index (χ2v) is 6.73. The molecule has 4 aromatic rings. The number of amides is 1. The smallest absolute Gasteiger partial charge is 0.298 e. The van der Waals surface area contributed by atoms with Gasteiger partial charge >= 0.3 is 0 Å². The summed E-state index contributed by atoms with van der Waals surface area (Å²) in [6.45, 7) is 0.666. The van der Waals surface area contributed by atoms with E-state index in [0.717, 1.165) is 33.4 Å². The van der Waals surface area contributed by atoms with Gasteiger partial charge in [0.05, 0.1) is 29.5 Å². The Balaban J connectivity index is 1.73. The summed E-state index contributed by atoms with van der Waals surface area (Å²) in [5.41, 5.74) is 5.66. The quantitative estimate of drug-likeness (QED) is 0.504. The molecule has 0 fully saturated rings. The van der Waals surface area contributed by atoms with Gasteiger partial charge in [-0.3, -0.25) is 14.8 Å². The molecule has 3 heterocycles. The lowest BCUT2D eigenvalue weighted by Gasteiger charge is -2.16. The summed E-state index contributed by atoms with van der Waals surface area (Å²) in [6, 6.07) is 15.9. The molecule has 0 spiro atoms. The maximum absolute atomic E-state index is 11.6. The first-order valence-electron chi connectivity index (χ1n) is 9.50. The van der Waals surface area contributed by atoms with E-state index in [1.54, 1.807) is 25.6 Å². The van der Waals surface area contributed by atoms with Crippen LogP contribution in [0.4, 0.5) is 0 Å². The number of H-pyrrole nitrogens is 1. The van der Waals surface area contributed by atoms with Gasteiger partial charge in [-0.25, -0.2) is 0 Å². The Labute approximate surface area is 174 Å². The van der Waals surface area contributed by atoms with E-state index in [1.807, 2.05) is 36.4 Å². The average Bonchev–Trinajstić information content (AvgIpc) is 3.18. The normalized spacial score (nSPS) is 10.5. The molecule has 30 heavy (non-hydrogen) atoms. The second-order valence-electron chi connectivity index (χ2n) is 6.73. The summed E-state index contributed by atoms with van der Waals surface area (Å²) in [4.78, 5) is 25.3. The average molecular weight is 396 g/mol. The van der Waals surface area contributed by atoms with Crippen LogP contribution in [0.1, 0.15) is 0 Å². The van der Waals surface area contributed by atoms with Gasteiger partial charge < -0.3 is 14.6 Å². The van der Waals surface area contributed by atoms with E-state index in [0.29, 0.717) is 18.9 Å². The fourth-order valence-electron chi connectivity index (χ4n) is 3.31. The van der Waals surface area contributed by atoms with Crippen LogP contribution in [0.3, 0.4) is 0 Å². The highest BCUT2D eigenvalue weighted by Crippen LogP contribution is 2.40. The number of aromatic nitrogens is 3. The standard InChI is InChI=1S/C24H20N4O2/c1-3-21(29)28(2)14-15-30-20-16-25-13-11-18(20)23-22(17-8-5-4-6-9-17)24-19(27-23)10-7-12-26-24/h1,4-13,16,27H,14-15H2,2H3. The predicted octanol–water partition coefficient (Wildman–Crippen LogP) is 3.76. The summed E-state index contributed by atoms with van der Waals surface area (Å²) in [5.74, 6) is 2.34. The van der Waals surface area contributed by atoms with Crippen molar-refractivity contribution in [3.8, 4) is 40.5 Å². The number of carbonyl (C=O) groups is 1. The van der Waals surface area contributed by atoms with Crippen molar-refractivity contribution in [1.82, 2.24) is 19.9 Å². The minimum absolute atomic E-state index is 0.293. The number of ether oxygens (including phenoxy) is 1. The Hall–Kier alpha value is -4.11. The number of likely N-dealkylation sites (N-methyl/N-ethyl adjacent to an activating group) is 1. The number of pyridine rings is 2. The number of hydrogen-bond acceptors (Lipinski definition) is 4. The molecule has 3 aromatic heterocycles. The van der Waals surface area contributed by atoms with Crippen LogP contribution < -0.4 is 4.74 Å². The number of nitrogens with one attached hydrogen (secondary N) is 1. The Morgan fingerprint density at radius 3 is 2.80 bits per heavy atom. The van der Waals surface area contributed by atoms with E-state index >= 15 is 0 Å². The van der Waals surface area contributed by atoms with E-state index in [4.69, 9.17) is 11.2 Å². The number of hydrogen-bond donors (Lipinski definition) is 1. The summed E-state index contributed by atoms with van der Waals surface area (Å²) in [7, 11) is 1.65. The zero-order chi connectivity index (χ0) is 20.9. The fraction of sp³-hybridized carbons (Fsp3) is 0.125. The molecule has 0 bridgehead atoms. The molecule has 0 atom stereocenters. The molecule has 0 aliphatic heterocycles. The predicted molar refractivity (Wildman–Crippen MR) is 117 cm³/mol. The van der Waals surface area contributed by atoms with E-state index in [-0.39, 0.29) is 5.91 Å². The van der Waals surface area contributed by atoms with Gasteiger partial charge in [0.25, 0.3) is 5.91 Å². The molecule has 6 nitrogen and oxygen atoms in total. The van der Waals surface area contributed by atoms with Gasteiger partial charge in [-0.15, -0.1) is 6.42 Å². The Bertz CT molecular complexity index is 1220. The highest BCUT2D eigenvalue weighted by molar-refractivity contribution is 6.02. The molecule has 6 heteroatoms. The van der Waals surface area contributed by atoms with Crippen LogP contribution in [-0.4, -0.2) is 46.0 Å². The lowest BCUT2D eigenvalue weighted by molar-refractivity contribution is -0.124. The van der Waals surface area contributed by atoms with E-state index in [2.05, 4.69) is 33.0 Å². The number of aromatic amines is 1. The molecular formula is C24H20N4O2. The third kappa shape index (κ3) is 3.74. The molecule has 1 aromatic carbocycles. The van der Waals surface area contributed by atoms with Crippen LogP contribution in [0.15, 0.2) is 67.1 Å². The van der Waals surface area contributed by atoms with Gasteiger partial charge in [-0.1, -0.05) is 30.3 Å². The van der Waals surface area contributed by atoms with Crippen molar-refractivity contribution >= 4 is 16.9 Å². The Morgan fingerprint density at radius 2 is 2.00 bits per heavy atom. The lowest BCUT2D eigenvalue weighted by Crippen LogP contribution is -2.29. The van der Waals surface area contributed by atoms with E-state index in [9.17, 15) is 4.79 Å². The van der Waals surface area contributed by atoms with Gasteiger partial charge in [0.15, 0.2) is 0 Å². The minimum Gasteiger partial charge on any atom is -0.489 e. The van der Waals surface area contributed by atoms with Gasteiger partial charge in [0, 0.05) is 30.6 Å². The molecule has 0 aliphatic rings. The molecule has 0 saturated carbocycles. The van der Waals surface area contributed by atoms with Gasteiger partial charge in [-0.2, -0.15) is 0 Å². The topological polar surface area (TPSA) is 71.1 Å². The zero-order valence-electron chi connectivity index (χ0n) is 16.5. The molecule has 0 unspecified atom stereocenters. The molecule has 1 amide bonds. The molecule has 0 aliphatic carbocycles. The number of carbonyl (C=O) groups excluding carboxylic acids is 1. The molecule has 148 valence electrons. The highest BCUT2D eigenvalue weighted by Gasteiger charge is 2.19. The number of terminal acetylenes is 1. The van der Waals surface area contributed by atoms with Crippen molar-refractivity contribution in [1.29, 1.82) is 0 Å². The van der Waals surface area contributed by atoms with Crippen molar-refractivity contribution in [2.45, 2.75) is 0 Å². The lowest BCUT2D eigenvalue weighted by atomic mass is 10.0. The van der Waals surface area contributed by atoms with Crippen molar-refractivity contribution < 1.29 is 9.53 Å². The van der Waals surface area contributed by atoms with Crippen molar-refractivity contribution in [3.05, 3.63) is 67.1 Å². The van der Waals surface area contributed by atoms with Crippen molar-refractivity contribution in [3.63, 3.8) is 0 Å². The van der Waals surface area contributed by atoms with Crippen LogP contribution in [0.2, 0.25) is 0 Å². The third-order valence-electron chi connectivity index (χ3n) is 4.82. The SMILES string of the molecule is C#CC(=O)N(C)CCOc1cnccc1-c1[nH]c2cccnc2c1-c1ccccc1. The molecular weight excluding hydrogens is 376 g/mol. The monoisotopic (exact) mass is 396 g/mol. The molecule has 0 radical (unpaired) electrons. The van der Waals surface area contributed by atoms with Crippen LogP contribution in [-0.2, 0) is 4.79 Å². The molecule has 0 saturated heterocycles. The summed E-state index contributed by atoms with van der Waals surface area (Å²) in [5, 5.41) is 0. The van der Waals surface area contributed by atoms with E-state index < -0.39 is 0 Å². The summed E-state index contributed by atoms with van der Waals surface area (Å²) in [6.07, 6.45) is 10.3. The second kappa shape index (κ2) is 8.50. The van der Waals surface area contributed by atoms with Crippen LogP contribution in [0.5, 0.6) is 5.75 Å². The molecule has 4 rings (SSSR count). The van der Waals surface area contributed by atoms with Gasteiger partial charge in [0.2, 0.25) is 0 Å². The Morgan fingerprint density at radius 1 is 1.17 bits per heavy atom. The maximum Gasteiger partial charge on any atom is 0.298 e. The number of rotatable bonds is 6. The first-order chi connectivity index (χ1) is 14.7. The first-order valence-corrected chi connectivity index (χ1v) is 9.50. The van der Waals surface area contributed by atoms with Gasteiger partial charge in [-0.05, 0) is 29.7 Å². The third-order valence-corrected chi connectivity index (χ3v) is 4.82. The minimum atomic E-state index is -0.377. The zero-order valence-corrected chi connectivity index (χ0v) is 16.5. The van der Waals surface area contributed by atoms with Gasteiger partial charge in [0.1, 0.15) is 12.4 Å².